The molecule has 0 radical (unpaired) electrons. The van der Waals surface area contributed by atoms with Gasteiger partial charge in [0.15, 0.2) is 5.75 Å². The van der Waals surface area contributed by atoms with Gasteiger partial charge in [0.1, 0.15) is 17.1 Å². The van der Waals surface area contributed by atoms with E-state index in [1.54, 1.807) is 42.7 Å². The molecule has 13 heteroatoms. The lowest BCUT2D eigenvalue weighted by Crippen LogP contribution is -2.04. The Balaban J connectivity index is 1.36. The summed E-state index contributed by atoms with van der Waals surface area (Å²) in [5, 5.41) is 10.9. The second-order valence-corrected chi connectivity index (χ2v) is 12.9. The van der Waals surface area contributed by atoms with Gasteiger partial charge in [-0.3, -0.25) is 14.2 Å². The number of rotatable bonds is 7. The monoisotopic (exact) mass is 606 g/mol. The van der Waals surface area contributed by atoms with Crippen molar-refractivity contribution in [1.82, 2.24) is 29.7 Å². The highest BCUT2D eigenvalue weighted by Crippen LogP contribution is 2.46. The standard InChI is InChI=1S/C26H24BrN8O3P/c1-35-14-17(12-31-35)16-10-15-6-9-37-23(15)21(11-16)33-26-30-13-18(27)25(34-26)32-20-5-4-19-22(29-8-7-28-19)24(20)38-39(2,3)36/h4-5,7-8,10-14H,6,9H2,1-3H3,(H2,30,32,33,34). The Morgan fingerprint density at radius 1 is 1.05 bits per heavy atom. The van der Waals surface area contributed by atoms with Gasteiger partial charge in [0.05, 0.1) is 34.2 Å². The van der Waals surface area contributed by atoms with Gasteiger partial charge in [0.25, 0.3) is 0 Å². The smallest absolute Gasteiger partial charge is 0.242 e. The molecule has 0 aliphatic carbocycles. The van der Waals surface area contributed by atoms with Crippen LogP contribution in [0, 0.1) is 0 Å². The summed E-state index contributed by atoms with van der Waals surface area (Å²) >= 11 is 3.53. The van der Waals surface area contributed by atoms with Crippen molar-refractivity contribution < 1.29 is 13.8 Å². The predicted octanol–water partition coefficient (Wildman–Crippen LogP) is 5.92. The van der Waals surface area contributed by atoms with E-state index in [1.807, 2.05) is 31.6 Å². The first-order valence-corrected chi connectivity index (χ1v) is 15.4. The molecule has 4 heterocycles. The molecule has 0 atom stereocenters. The van der Waals surface area contributed by atoms with E-state index in [2.05, 4.69) is 52.7 Å². The first kappa shape index (κ1) is 25.3. The zero-order valence-corrected chi connectivity index (χ0v) is 23.8. The van der Waals surface area contributed by atoms with Gasteiger partial charge < -0.3 is 19.9 Å². The van der Waals surface area contributed by atoms with Crippen LogP contribution in [0.5, 0.6) is 11.5 Å². The quantitative estimate of drug-likeness (QED) is 0.215. The summed E-state index contributed by atoms with van der Waals surface area (Å²) < 4.78 is 26.8. The van der Waals surface area contributed by atoms with Crippen LogP contribution in [0.3, 0.4) is 0 Å². The third kappa shape index (κ3) is 5.30. The van der Waals surface area contributed by atoms with Gasteiger partial charge in [-0.1, -0.05) is 0 Å². The molecule has 0 unspecified atom stereocenters. The molecule has 1 aliphatic heterocycles. The topological polar surface area (TPSA) is 129 Å². The van der Waals surface area contributed by atoms with E-state index in [0.717, 1.165) is 34.5 Å². The average molecular weight is 607 g/mol. The molecule has 39 heavy (non-hydrogen) atoms. The van der Waals surface area contributed by atoms with Crippen LogP contribution in [-0.4, -0.2) is 49.7 Å². The molecule has 0 saturated carbocycles. The number of ether oxygens (including phenoxy) is 1. The Hall–Kier alpha value is -4.02. The number of anilines is 4. The molecule has 2 N–H and O–H groups in total. The molecule has 5 aromatic rings. The Kier molecular flexibility index (Phi) is 6.44. The first-order chi connectivity index (χ1) is 18.7. The molecule has 0 spiro atoms. The van der Waals surface area contributed by atoms with Crippen LogP contribution < -0.4 is 19.9 Å². The maximum atomic E-state index is 12.6. The third-order valence-corrected chi connectivity index (χ3v) is 7.17. The fourth-order valence-corrected chi connectivity index (χ4v) is 5.24. The molecule has 11 nitrogen and oxygen atoms in total. The Morgan fingerprint density at radius 3 is 2.69 bits per heavy atom. The van der Waals surface area contributed by atoms with Crippen LogP contribution >= 0.6 is 23.3 Å². The van der Waals surface area contributed by atoms with Crippen LogP contribution in [0.25, 0.3) is 22.2 Å². The average Bonchev–Trinajstić information content (AvgIpc) is 3.56. The summed E-state index contributed by atoms with van der Waals surface area (Å²) in [4.78, 5) is 17.9. The van der Waals surface area contributed by atoms with E-state index < -0.39 is 7.37 Å². The lowest BCUT2D eigenvalue weighted by Gasteiger charge is -2.18. The predicted molar refractivity (Wildman–Crippen MR) is 154 cm³/mol. The highest BCUT2D eigenvalue weighted by molar-refractivity contribution is 9.10. The normalized spacial score (nSPS) is 12.7. The van der Waals surface area contributed by atoms with Gasteiger partial charge in [0, 0.05) is 62.7 Å². The van der Waals surface area contributed by atoms with Gasteiger partial charge in [0.2, 0.25) is 13.3 Å². The van der Waals surface area contributed by atoms with Crippen molar-refractivity contribution in [1.29, 1.82) is 0 Å². The number of nitrogens with one attached hydrogen (secondary N) is 2. The van der Waals surface area contributed by atoms with Crippen molar-refractivity contribution >= 4 is 57.5 Å². The molecular formula is C26H24BrN8O3P. The van der Waals surface area contributed by atoms with Crippen LogP contribution in [0.4, 0.5) is 23.1 Å². The zero-order valence-electron chi connectivity index (χ0n) is 21.3. The molecule has 0 saturated heterocycles. The van der Waals surface area contributed by atoms with Crippen LogP contribution in [0.1, 0.15) is 5.56 Å². The van der Waals surface area contributed by atoms with Crippen LogP contribution in [0.15, 0.2) is 59.7 Å². The van der Waals surface area contributed by atoms with Crippen molar-refractivity contribution in [2.45, 2.75) is 6.42 Å². The lowest BCUT2D eigenvalue weighted by molar-refractivity contribution is 0.358. The number of aromatic nitrogens is 6. The minimum Gasteiger partial charge on any atom is -0.491 e. The molecule has 0 amide bonds. The van der Waals surface area contributed by atoms with Crippen LogP contribution in [-0.2, 0) is 18.0 Å². The number of aryl methyl sites for hydroxylation is 1. The van der Waals surface area contributed by atoms with Gasteiger partial charge in [-0.2, -0.15) is 10.1 Å². The summed E-state index contributed by atoms with van der Waals surface area (Å²) in [7, 11) is -1.02. The van der Waals surface area contributed by atoms with E-state index in [1.165, 1.54) is 0 Å². The van der Waals surface area contributed by atoms with E-state index in [0.29, 0.717) is 45.3 Å². The maximum Gasteiger partial charge on any atom is 0.242 e. The van der Waals surface area contributed by atoms with Crippen molar-refractivity contribution in [3.05, 3.63) is 65.3 Å². The summed E-state index contributed by atoms with van der Waals surface area (Å²) in [6, 6.07) is 7.74. The molecule has 0 bridgehead atoms. The molecule has 198 valence electrons. The summed E-state index contributed by atoms with van der Waals surface area (Å²) in [6.45, 7) is 3.71. The zero-order chi connectivity index (χ0) is 27.1. The number of fused-ring (bicyclic) bond motifs is 2. The van der Waals surface area contributed by atoms with Crippen molar-refractivity contribution in [3.8, 4) is 22.6 Å². The van der Waals surface area contributed by atoms with E-state index in [-0.39, 0.29) is 0 Å². The van der Waals surface area contributed by atoms with Gasteiger partial charge in [-0.15, -0.1) is 0 Å². The summed E-state index contributed by atoms with van der Waals surface area (Å²) in [5.41, 5.74) is 5.56. The maximum absolute atomic E-state index is 12.6. The Bertz CT molecular complexity index is 1770. The fraction of sp³-hybridized carbons (Fsp3) is 0.192. The number of halogens is 1. The van der Waals surface area contributed by atoms with E-state index >= 15 is 0 Å². The number of hydrogen-bond donors (Lipinski definition) is 2. The van der Waals surface area contributed by atoms with Gasteiger partial charge >= 0.3 is 0 Å². The van der Waals surface area contributed by atoms with Crippen molar-refractivity contribution in [2.24, 2.45) is 7.05 Å². The SMILES string of the molecule is Cn1cc(-c2cc3c(c(Nc4ncc(Br)c(Nc5ccc6nccnc6c5OP(C)(C)=O)n4)c2)OCC3)cn1. The number of hydrogen-bond acceptors (Lipinski definition) is 10. The summed E-state index contributed by atoms with van der Waals surface area (Å²) in [6.07, 6.45) is 9.43. The molecule has 3 aromatic heterocycles. The van der Waals surface area contributed by atoms with E-state index in [9.17, 15) is 4.57 Å². The lowest BCUT2D eigenvalue weighted by atomic mass is 10.0. The Labute approximate surface area is 232 Å². The molecular weight excluding hydrogens is 583 g/mol. The first-order valence-electron chi connectivity index (χ1n) is 12.1. The second-order valence-electron chi connectivity index (χ2n) is 9.36. The minimum atomic E-state index is -2.91. The van der Waals surface area contributed by atoms with E-state index in [4.69, 9.17) is 14.2 Å². The molecule has 1 aliphatic rings. The highest BCUT2D eigenvalue weighted by Gasteiger charge is 2.21. The highest BCUT2D eigenvalue weighted by atomic mass is 79.9. The minimum absolute atomic E-state index is 0.337. The Morgan fingerprint density at radius 2 is 1.90 bits per heavy atom. The molecule has 0 fully saturated rings. The van der Waals surface area contributed by atoms with Crippen molar-refractivity contribution in [2.75, 3.05) is 30.6 Å². The number of nitrogens with zero attached hydrogens (tertiary/aromatic N) is 6. The van der Waals surface area contributed by atoms with Gasteiger partial charge in [-0.05, 0) is 45.8 Å². The molecule has 2 aromatic carbocycles. The largest absolute Gasteiger partial charge is 0.491 e. The summed E-state index contributed by atoms with van der Waals surface area (Å²) in [5.74, 6) is 1.96. The van der Waals surface area contributed by atoms with Crippen LogP contribution in [0.2, 0.25) is 0 Å². The third-order valence-electron chi connectivity index (χ3n) is 5.97. The van der Waals surface area contributed by atoms with Crippen molar-refractivity contribution in [3.63, 3.8) is 0 Å². The fourth-order valence-electron chi connectivity index (χ4n) is 4.32. The molecule has 6 rings (SSSR count). The second kappa shape index (κ2) is 9.94. The number of benzene rings is 2. The van der Waals surface area contributed by atoms with Gasteiger partial charge in [-0.25, -0.2) is 9.97 Å².